The summed E-state index contributed by atoms with van der Waals surface area (Å²) >= 11 is 3.07. The van der Waals surface area contributed by atoms with E-state index in [2.05, 4.69) is 28.7 Å². The molecule has 0 bridgehead atoms. The Bertz CT molecular complexity index is 508. The molecule has 0 aliphatic carbocycles. The van der Waals surface area contributed by atoms with Crippen molar-refractivity contribution in [3.63, 3.8) is 0 Å². The fraction of sp³-hybridized carbons (Fsp3) is 0.333. The number of hydrogen-bond acceptors (Lipinski definition) is 6. The number of nitrogens with one attached hydrogen (secondary N) is 1. The number of nitrogens with zero attached hydrogens (tertiary/aromatic N) is 1. The third-order valence-electron chi connectivity index (χ3n) is 2.37. The van der Waals surface area contributed by atoms with Gasteiger partial charge in [-0.2, -0.15) is 11.3 Å². The lowest BCUT2D eigenvalue weighted by atomic mass is 10.2. The first-order valence-corrected chi connectivity index (χ1v) is 7.44. The molecule has 0 spiro atoms. The molecule has 2 aromatic rings. The van der Waals surface area contributed by atoms with E-state index in [-0.39, 0.29) is 12.0 Å². The van der Waals surface area contributed by atoms with E-state index in [0.717, 1.165) is 5.13 Å². The summed E-state index contributed by atoms with van der Waals surface area (Å²) in [4.78, 5) is 15.7. The van der Waals surface area contributed by atoms with Crippen molar-refractivity contribution in [3.05, 3.63) is 33.5 Å². The van der Waals surface area contributed by atoms with Crippen LogP contribution >= 0.6 is 22.7 Å². The Morgan fingerprint density at radius 1 is 1.56 bits per heavy atom. The van der Waals surface area contributed by atoms with Crippen LogP contribution in [0.1, 0.15) is 35.9 Å². The zero-order valence-corrected chi connectivity index (χ0v) is 11.8. The van der Waals surface area contributed by atoms with Gasteiger partial charge in [-0.3, -0.25) is 0 Å². The molecule has 1 unspecified atom stereocenters. The Kier molecular flexibility index (Phi) is 4.33. The number of ether oxygens (including phenoxy) is 1. The summed E-state index contributed by atoms with van der Waals surface area (Å²) in [5.41, 5.74) is 1.58. The number of esters is 1. The van der Waals surface area contributed by atoms with Gasteiger partial charge in [-0.05, 0) is 36.2 Å². The van der Waals surface area contributed by atoms with Crippen LogP contribution in [0.25, 0.3) is 0 Å². The highest BCUT2D eigenvalue weighted by Gasteiger charge is 2.13. The van der Waals surface area contributed by atoms with Crippen molar-refractivity contribution in [1.82, 2.24) is 4.98 Å². The monoisotopic (exact) mass is 282 g/mol. The fourth-order valence-corrected chi connectivity index (χ4v) is 2.95. The van der Waals surface area contributed by atoms with E-state index in [1.165, 1.54) is 16.9 Å². The van der Waals surface area contributed by atoms with Crippen LogP contribution in [0.3, 0.4) is 0 Å². The van der Waals surface area contributed by atoms with Crippen molar-refractivity contribution >= 4 is 33.8 Å². The van der Waals surface area contributed by atoms with E-state index in [0.29, 0.717) is 12.3 Å². The van der Waals surface area contributed by atoms with Gasteiger partial charge in [0.05, 0.1) is 12.6 Å². The van der Waals surface area contributed by atoms with Gasteiger partial charge in [0.2, 0.25) is 0 Å². The van der Waals surface area contributed by atoms with E-state index >= 15 is 0 Å². The van der Waals surface area contributed by atoms with Gasteiger partial charge >= 0.3 is 5.97 Å². The highest BCUT2D eigenvalue weighted by molar-refractivity contribution is 7.13. The second kappa shape index (κ2) is 5.97. The summed E-state index contributed by atoms with van der Waals surface area (Å²) in [7, 11) is 0. The van der Waals surface area contributed by atoms with Crippen molar-refractivity contribution in [2.45, 2.75) is 19.9 Å². The Hall–Kier alpha value is -1.40. The number of carbonyl (C=O) groups excluding carboxylic acids is 1. The summed E-state index contributed by atoms with van der Waals surface area (Å²) in [6, 6.07) is 2.25. The predicted molar refractivity (Wildman–Crippen MR) is 74.4 cm³/mol. The van der Waals surface area contributed by atoms with Crippen molar-refractivity contribution in [2.24, 2.45) is 0 Å². The van der Waals surface area contributed by atoms with Gasteiger partial charge in [-0.25, -0.2) is 9.78 Å². The normalized spacial score (nSPS) is 12.1. The first-order chi connectivity index (χ1) is 8.70. The molecule has 6 heteroatoms. The molecule has 18 heavy (non-hydrogen) atoms. The highest BCUT2D eigenvalue weighted by Crippen LogP contribution is 2.23. The average molecular weight is 282 g/mol. The molecule has 0 aromatic carbocycles. The molecule has 4 nitrogen and oxygen atoms in total. The SMILES string of the molecule is CCOC(=O)c1csc(NC(C)c2ccsc2)n1. The van der Waals surface area contributed by atoms with Crippen molar-refractivity contribution in [3.8, 4) is 0 Å². The smallest absolute Gasteiger partial charge is 0.357 e. The van der Waals surface area contributed by atoms with Crippen LogP contribution in [-0.4, -0.2) is 17.6 Å². The quantitative estimate of drug-likeness (QED) is 0.852. The third-order valence-corrected chi connectivity index (χ3v) is 3.85. The van der Waals surface area contributed by atoms with E-state index in [1.807, 2.05) is 5.38 Å². The maximum absolute atomic E-state index is 11.5. The third kappa shape index (κ3) is 3.08. The van der Waals surface area contributed by atoms with Gasteiger partial charge in [0.25, 0.3) is 0 Å². The standard InChI is InChI=1S/C12H14N2O2S2/c1-3-16-11(15)10-7-18-12(14-10)13-8(2)9-4-5-17-6-9/h4-8H,3H2,1-2H3,(H,13,14). The lowest BCUT2D eigenvalue weighted by molar-refractivity contribution is 0.0520. The van der Waals surface area contributed by atoms with Gasteiger partial charge in [0.1, 0.15) is 0 Å². The molecule has 0 aliphatic rings. The largest absolute Gasteiger partial charge is 0.461 e. The molecular formula is C12H14N2O2S2. The molecule has 1 N–H and O–H groups in total. The second-order valence-electron chi connectivity index (χ2n) is 3.68. The minimum absolute atomic E-state index is 0.178. The van der Waals surface area contributed by atoms with Gasteiger partial charge in [-0.15, -0.1) is 11.3 Å². The molecule has 2 aromatic heterocycles. The summed E-state index contributed by atoms with van der Waals surface area (Å²) in [5, 5.41) is 9.85. The van der Waals surface area contributed by atoms with Crippen molar-refractivity contribution in [1.29, 1.82) is 0 Å². The molecule has 0 amide bonds. The summed E-state index contributed by atoms with van der Waals surface area (Å²) in [6.07, 6.45) is 0. The van der Waals surface area contributed by atoms with E-state index < -0.39 is 0 Å². The molecule has 0 radical (unpaired) electrons. The first-order valence-electron chi connectivity index (χ1n) is 5.62. The van der Waals surface area contributed by atoms with Crippen LogP contribution in [0, 0.1) is 0 Å². The average Bonchev–Trinajstić information content (AvgIpc) is 2.99. The molecule has 0 aliphatic heterocycles. The Morgan fingerprint density at radius 3 is 3.06 bits per heavy atom. The second-order valence-corrected chi connectivity index (χ2v) is 5.32. The summed E-state index contributed by atoms with van der Waals surface area (Å²) < 4.78 is 4.90. The number of carbonyl (C=O) groups is 1. The van der Waals surface area contributed by atoms with Crippen LogP contribution in [0.5, 0.6) is 0 Å². The Balaban J connectivity index is 2.00. The van der Waals surface area contributed by atoms with Crippen LogP contribution in [0.2, 0.25) is 0 Å². The number of anilines is 1. The number of thiophene rings is 1. The van der Waals surface area contributed by atoms with Crippen LogP contribution in [0.15, 0.2) is 22.2 Å². The predicted octanol–water partition coefficient (Wildman–Crippen LogP) is 3.55. The molecule has 1 atom stereocenters. The molecule has 0 saturated carbocycles. The van der Waals surface area contributed by atoms with Crippen LogP contribution < -0.4 is 5.32 Å². The van der Waals surface area contributed by atoms with Crippen LogP contribution in [0.4, 0.5) is 5.13 Å². The molecular weight excluding hydrogens is 268 g/mol. The minimum Gasteiger partial charge on any atom is -0.461 e. The number of thiazole rings is 1. The highest BCUT2D eigenvalue weighted by atomic mass is 32.1. The van der Waals surface area contributed by atoms with Gasteiger partial charge < -0.3 is 10.1 Å². The maximum Gasteiger partial charge on any atom is 0.357 e. The molecule has 0 fully saturated rings. The number of aromatic nitrogens is 1. The van der Waals surface area contributed by atoms with Gasteiger partial charge in [0.15, 0.2) is 10.8 Å². The van der Waals surface area contributed by atoms with Crippen molar-refractivity contribution in [2.75, 3.05) is 11.9 Å². The maximum atomic E-state index is 11.5. The number of rotatable bonds is 5. The Morgan fingerprint density at radius 2 is 2.39 bits per heavy atom. The van der Waals surface area contributed by atoms with Crippen molar-refractivity contribution < 1.29 is 9.53 Å². The lowest BCUT2D eigenvalue weighted by Crippen LogP contribution is -2.07. The number of hydrogen-bond donors (Lipinski definition) is 1. The zero-order chi connectivity index (χ0) is 13.0. The van der Waals surface area contributed by atoms with E-state index in [1.54, 1.807) is 23.6 Å². The fourth-order valence-electron chi connectivity index (χ4n) is 1.43. The summed E-state index contributed by atoms with van der Waals surface area (Å²) in [6.45, 7) is 4.21. The lowest BCUT2D eigenvalue weighted by Gasteiger charge is -2.10. The molecule has 2 heterocycles. The van der Waals surface area contributed by atoms with Gasteiger partial charge in [0, 0.05) is 5.38 Å². The minimum atomic E-state index is -0.370. The Labute approximate surface area is 114 Å². The topological polar surface area (TPSA) is 51.2 Å². The molecule has 2 rings (SSSR count). The molecule has 96 valence electrons. The zero-order valence-electron chi connectivity index (χ0n) is 10.2. The van der Waals surface area contributed by atoms with E-state index in [4.69, 9.17) is 4.74 Å². The molecule has 0 saturated heterocycles. The van der Waals surface area contributed by atoms with Crippen LogP contribution in [-0.2, 0) is 4.74 Å². The summed E-state index contributed by atoms with van der Waals surface area (Å²) in [5.74, 6) is -0.370. The van der Waals surface area contributed by atoms with E-state index in [9.17, 15) is 4.79 Å². The van der Waals surface area contributed by atoms with Gasteiger partial charge in [-0.1, -0.05) is 0 Å². The first kappa shape index (κ1) is 13.0.